The molecule has 1 aromatic carbocycles. The first-order valence-corrected chi connectivity index (χ1v) is 11.2. The van der Waals surface area contributed by atoms with Gasteiger partial charge in [0, 0.05) is 17.0 Å². The number of aryl methyl sites for hydroxylation is 1. The van der Waals surface area contributed by atoms with Gasteiger partial charge in [-0.25, -0.2) is 19.3 Å². The molecule has 10 heteroatoms. The van der Waals surface area contributed by atoms with E-state index in [1.807, 2.05) is 4.57 Å². The van der Waals surface area contributed by atoms with E-state index in [4.69, 9.17) is 23.1 Å². The Hall–Kier alpha value is -3.27. The van der Waals surface area contributed by atoms with E-state index in [0.717, 1.165) is 0 Å². The Bertz CT molecular complexity index is 1430. The number of fused-ring (bicyclic) bond motifs is 2. The van der Waals surface area contributed by atoms with Crippen molar-refractivity contribution >= 4 is 45.2 Å². The van der Waals surface area contributed by atoms with E-state index in [1.54, 1.807) is 24.4 Å². The monoisotopic (exact) mass is 482 g/mol. The summed E-state index contributed by atoms with van der Waals surface area (Å²) in [5.74, 6) is 0.0324. The van der Waals surface area contributed by atoms with Gasteiger partial charge in [0.1, 0.15) is 35.5 Å². The van der Waals surface area contributed by atoms with Gasteiger partial charge >= 0.3 is 0 Å². The number of aliphatic hydroxyl groups excluding tert-OH is 2. The van der Waals surface area contributed by atoms with Crippen LogP contribution in [0.15, 0.2) is 49.4 Å². The molecule has 6 N–H and O–H groups in total. The zero-order valence-electron chi connectivity index (χ0n) is 18.2. The van der Waals surface area contributed by atoms with Crippen molar-refractivity contribution in [2.24, 2.45) is 5.41 Å². The van der Waals surface area contributed by atoms with Crippen LogP contribution < -0.4 is 11.5 Å². The first-order chi connectivity index (χ1) is 16.2. The standard InChI is InChI=1S/C24H24ClFN6O2/c1-2-24(5-3-12-7-16(26)14-9-15(25)22(28)31-17(14)8-12)10-18(19(33)20(24)34)32-6-4-13-21(27)29-11-30-23(13)32/h2,4,6-9,11,18-20,33-34H,1,3,5,10H2,(H2,28,31)(H2,27,29,30)/t18-,19+,20+,24+/m1/s1. The third kappa shape index (κ3) is 3.48. The van der Waals surface area contributed by atoms with Crippen molar-refractivity contribution in [2.75, 3.05) is 11.5 Å². The van der Waals surface area contributed by atoms with E-state index in [0.29, 0.717) is 52.6 Å². The van der Waals surface area contributed by atoms with Gasteiger partial charge in [-0.2, -0.15) is 0 Å². The molecule has 5 rings (SSSR count). The number of rotatable bonds is 5. The number of pyridine rings is 1. The minimum absolute atomic E-state index is 0.133. The van der Waals surface area contributed by atoms with Gasteiger partial charge in [0.2, 0.25) is 0 Å². The van der Waals surface area contributed by atoms with Crippen LogP contribution in [0, 0.1) is 11.2 Å². The highest BCUT2D eigenvalue weighted by Crippen LogP contribution is 2.49. The first kappa shape index (κ1) is 22.5. The topological polar surface area (TPSA) is 136 Å². The molecule has 0 radical (unpaired) electrons. The Morgan fingerprint density at radius 3 is 2.76 bits per heavy atom. The number of nitrogen functional groups attached to an aromatic ring is 2. The lowest BCUT2D eigenvalue weighted by atomic mass is 9.78. The number of halogens is 2. The summed E-state index contributed by atoms with van der Waals surface area (Å²) in [6.45, 7) is 3.95. The van der Waals surface area contributed by atoms with Crippen molar-refractivity contribution in [2.45, 2.75) is 37.5 Å². The van der Waals surface area contributed by atoms with Crippen molar-refractivity contribution in [3.8, 4) is 0 Å². The van der Waals surface area contributed by atoms with Crippen LogP contribution in [0.25, 0.3) is 21.9 Å². The summed E-state index contributed by atoms with van der Waals surface area (Å²) in [6, 6.07) is 6.00. The number of hydrogen-bond donors (Lipinski definition) is 4. The molecule has 1 saturated carbocycles. The second-order valence-electron chi connectivity index (χ2n) is 8.86. The fourth-order valence-electron chi connectivity index (χ4n) is 5.06. The number of anilines is 2. The van der Waals surface area contributed by atoms with Crippen LogP contribution in [-0.4, -0.2) is 41.9 Å². The molecule has 0 bridgehead atoms. The predicted octanol–water partition coefficient (Wildman–Crippen LogP) is 3.41. The molecule has 3 heterocycles. The van der Waals surface area contributed by atoms with Gasteiger partial charge in [0.15, 0.2) is 0 Å². The maximum atomic E-state index is 14.7. The van der Waals surface area contributed by atoms with Crippen LogP contribution in [0.2, 0.25) is 5.02 Å². The number of aromatic nitrogens is 4. The van der Waals surface area contributed by atoms with Gasteiger partial charge in [0.25, 0.3) is 0 Å². The second-order valence-corrected chi connectivity index (χ2v) is 9.27. The Morgan fingerprint density at radius 1 is 1.21 bits per heavy atom. The van der Waals surface area contributed by atoms with E-state index in [-0.39, 0.29) is 10.8 Å². The number of nitrogens with two attached hydrogens (primary N) is 2. The van der Waals surface area contributed by atoms with Crippen molar-refractivity contribution in [3.63, 3.8) is 0 Å². The Morgan fingerprint density at radius 2 is 2.00 bits per heavy atom. The molecule has 0 unspecified atom stereocenters. The fourth-order valence-corrected chi connectivity index (χ4v) is 5.21. The van der Waals surface area contributed by atoms with E-state index in [1.165, 1.54) is 18.5 Å². The summed E-state index contributed by atoms with van der Waals surface area (Å²) >= 11 is 5.98. The summed E-state index contributed by atoms with van der Waals surface area (Å²) in [7, 11) is 0. The zero-order valence-corrected chi connectivity index (χ0v) is 19.0. The highest BCUT2D eigenvalue weighted by atomic mass is 35.5. The van der Waals surface area contributed by atoms with Crippen molar-refractivity contribution in [3.05, 3.63) is 65.8 Å². The molecule has 1 aliphatic carbocycles. The maximum Gasteiger partial charge on any atom is 0.145 e. The lowest BCUT2D eigenvalue weighted by Crippen LogP contribution is -2.35. The molecule has 1 aliphatic rings. The molecule has 0 amide bonds. The van der Waals surface area contributed by atoms with E-state index in [9.17, 15) is 14.6 Å². The van der Waals surface area contributed by atoms with Gasteiger partial charge in [-0.3, -0.25) is 0 Å². The molecule has 176 valence electrons. The van der Waals surface area contributed by atoms with Gasteiger partial charge in [-0.15, -0.1) is 6.58 Å². The van der Waals surface area contributed by atoms with Crippen LogP contribution in [0.1, 0.15) is 24.4 Å². The quantitative estimate of drug-likeness (QED) is 0.320. The number of nitrogens with zero attached hydrogens (tertiary/aromatic N) is 4. The van der Waals surface area contributed by atoms with Crippen LogP contribution >= 0.6 is 11.6 Å². The van der Waals surface area contributed by atoms with Crippen molar-refractivity contribution in [1.29, 1.82) is 0 Å². The normalized spacial score (nSPS) is 24.8. The molecule has 0 spiro atoms. The van der Waals surface area contributed by atoms with Crippen LogP contribution in [0.4, 0.5) is 16.0 Å². The fraction of sp³-hybridized carbons (Fsp3) is 0.292. The molecular weight excluding hydrogens is 459 g/mol. The van der Waals surface area contributed by atoms with Crippen LogP contribution in [0.3, 0.4) is 0 Å². The lowest BCUT2D eigenvalue weighted by Gasteiger charge is -2.29. The Labute approximate surface area is 199 Å². The molecule has 4 aromatic rings. The lowest BCUT2D eigenvalue weighted by molar-refractivity contribution is -0.0143. The molecule has 0 aliphatic heterocycles. The Balaban J connectivity index is 1.44. The van der Waals surface area contributed by atoms with Crippen LogP contribution in [-0.2, 0) is 6.42 Å². The summed E-state index contributed by atoms with van der Waals surface area (Å²) < 4.78 is 16.5. The largest absolute Gasteiger partial charge is 0.389 e. The number of benzene rings is 1. The molecule has 34 heavy (non-hydrogen) atoms. The third-order valence-electron chi connectivity index (χ3n) is 7.00. The van der Waals surface area contributed by atoms with E-state index in [2.05, 4.69) is 21.5 Å². The zero-order chi connectivity index (χ0) is 24.2. The smallest absolute Gasteiger partial charge is 0.145 e. The highest BCUT2D eigenvalue weighted by molar-refractivity contribution is 6.33. The molecule has 0 saturated heterocycles. The maximum absolute atomic E-state index is 14.7. The number of hydrogen-bond acceptors (Lipinski definition) is 7. The third-order valence-corrected chi connectivity index (χ3v) is 7.31. The highest BCUT2D eigenvalue weighted by Gasteiger charge is 2.51. The molecule has 4 atom stereocenters. The minimum atomic E-state index is -1.07. The first-order valence-electron chi connectivity index (χ1n) is 10.8. The van der Waals surface area contributed by atoms with Crippen molar-refractivity contribution < 1.29 is 14.6 Å². The van der Waals surface area contributed by atoms with Gasteiger partial charge in [0.05, 0.1) is 28.1 Å². The second kappa shape index (κ2) is 8.19. The Kier molecular flexibility index (Phi) is 5.43. The minimum Gasteiger partial charge on any atom is -0.389 e. The molecule has 1 fully saturated rings. The summed E-state index contributed by atoms with van der Waals surface area (Å²) in [5.41, 5.74) is 12.6. The molecular formula is C24H24ClFN6O2. The van der Waals surface area contributed by atoms with E-state index >= 15 is 0 Å². The van der Waals surface area contributed by atoms with Gasteiger partial charge < -0.3 is 26.2 Å². The average molecular weight is 483 g/mol. The van der Waals surface area contributed by atoms with Crippen molar-refractivity contribution in [1.82, 2.24) is 19.5 Å². The molecule has 8 nitrogen and oxygen atoms in total. The predicted molar refractivity (Wildman–Crippen MR) is 130 cm³/mol. The SMILES string of the molecule is C=C[C@]1(CCc2cc(F)c3cc(Cl)c(N)nc3c2)C[C@@H](n2ccc3c(N)ncnc32)[C@H](O)[C@@H]1O. The average Bonchev–Trinajstić information content (AvgIpc) is 3.35. The molecule has 3 aromatic heterocycles. The number of aliphatic hydroxyl groups is 2. The van der Waals surface area contributed by atoms with Crippen LogP contribution in [0.5, 0.6) is 0 Å². The van der Waals surface area contributed by atoms with E-state index < -0.39 is 29.5 Å². The summed E-state index contributed by atoms with van der Waals surface area (Å²) in [4.78, 5) is 12.5. The van der Waals surface area contributed by atoms with Gasteiger partial charge in [-0.1, -0.05) is 17.7 Å². The van der Waals surface area contributed by atoms with Gasteiger partial charge in [-0.05, 0) is 49.1 Å². The summed E-state index contributed by atoms with van der Waals surface area (Å²) in [5, 5.41) is 23.2. The summed E-state index contributed by atoms with van der Waals surface area (Å²) in [6.07, 6.45) is 4.01.